The van der Waals surface area contributed by atoms with Crippen LogP contribution in [0.25, 0.3) is 0 Å². The summed E-state index contributed by atoms with van der Waals surface area (Å²) in [5, 5.41) is 0. The van der Waals surface area contributed by atoms with Gasteiger partial charge in [-0.1, -0.05) is 52.0 Å². The van der Waals surface area contributed by atoms with E-state index in [9.17, 15) is 9.13 Å². The van der Waals surface area contributed by atoms with Gasteiger partial charge in [0.2, 0.25) is 0 Å². The average Bonchev–Trinajstić information content (AvgIpc) is 2.82. The molecule has 2 rings (SSSR count). The molecule has 0 aliphatic rings. The molecule has 2 unspecified atom stereocenters. The van der Waals surface area contributed by atoms with Crippen LogP contribution in [0.4, 0.5) is 0 Å². The largest absolute Gasteiger partial charge is 0.440 e. The molecule has 0 N–H and O–H groups in total. The van der Waals surface area contributed by atoms with Crippen LogP contribution < -0.4 is 9.05 Å². The summed E-state index contributed by atoms with van der Waals surface area (Å²) in [5.41, 5.74) is 1.84. The molecule has 2 aromatic carbocycles. The molecule has 6 nitrogen and oxygen atoms in total. The average molecular weight is 561 g/mol. The minimum Gasteiger partial charge on any atom is -0.417 e. The van der Waals surface area contributed by atoms with Crippen LogP contribution in [0.5, 0.6) is 11.5 Å². The third-order valence-corrected chi connectivity index (χ3v) is 13.0. The molecule has 0 aliphatic heterocycles. The van der Waals surface area contributed by atoms with E-state index in [1.165, 1.54) is 22.8 Å². The fourth-order valence-corrected chi connectivity index (χ4v) is 10.1. The minimum absolute atomic E-state index is 0.307. The van der Waals surface area contributed by atoms with Crippen LogP contribution in [0.3, 0.4) is 0 Å². The van der Waals surface area contributed by atoms with Gasteiger partial charge < -0.3 is 9.05 Å². The molecule has 0 aromatic heterocycles. The van der Waals surface area contributed by atoms with E-state index in [4.69, 9.17) is 18.1 Å². The van der Waals surface area contributed by atoms with Gasteiger partial charge in [-0.2, -0.15) is 0 Å². The van der Waals surface area contributed by atoms with Gasteiger partial charge in [0.05, 0.1) is 13.2 Å². The quantitative estimate of drug-likeness (QED) is 0.188. The molecule has 196 valence electrons. The van der Waals surface area contributed by atoms with Crippen LogP contribution in [-0.4, -0.2) is 24.7 Å². The highest BCUT2D eigenvalue weighted by Crippen LogP contribution is 2.61. The molecule has 10 heteroatoms. The Kier molecular flexibility index (Phi) is 12.3. The van der Waals surface area contributed by atoms with E-state index < -0.39 is 13.6 Å². The van der Waals surface area contributed by atoms with Gasteiger partial charge >= 0.3 is 13.6 Å². The summed E-state index contributed by atoms with van der Waals surface area (Å²) < 4.78 is 48.3. The van der Waals surface area contributed by atoms with Gasteiger partial charge in [-0.3, -0.25) is 9.05 Å². The SMILES string of the molecule is CCCSP(=O)(OCC)Oc1ccc(C(C)(C)c2ccc(OP(=O)(OCC)SCCC)cc2)cc1. The van der Waals surface area contributed by atoms with E-state index in [0.717, 1.165) is 24.0 Å². The summed E-state index contributed by atoms with van der Waals surface area (Å²) in [5.74, 6) is 2.45. The second-order valence-electron chi connectivity index (χ2n) is 8.25. The van der Waals surface area contributed by atoms with Gasteiger partial charge in [0.15, 0.2) is 0 Å². The zero-order valence-electron chi connectivity index (χ0n) is 21.5. The predicted octanol–water partition coefficient (Wildman–Crippen LogP) is 9.35. The van der Waals surface area contributed by atoms with Crippen molar-refractivity contribution >= 4 is 36.4 Å². The third-order valence-electron chi connectivity index (χ3n) is 5.07. The standard InChI is InChI=1S/C25H38O6P2S2/c1-7-19-34-32(26,28-9-3)30-23-15-11-21(12-16-23)25(5,6)22-13-17-24(18-14-22)31-33(27,29-10-4)35-20-8-2/h11-18H,7-10,19-20H2,1-6H3. The van der Waals surface area contributed by atoms with Crippen molar-refractivity contribution in [2.75, 3.05) is 24.7 Å². The lowest BCUT2D eigenvalue weighted by Gasteiger charge is -2.27. The van der Waals surface area contributed by atoms with Gasteiger partial charge in [-0.05, 0) is 84.8 Å². The Morgan fingerprint density at radius 2 is 1.00 bits per heavy atom. The molecule has 0 fully saturated rings. The molecule has 2 atom stereocenters. The predicted molar refractivity (Wildman–Crippen MR) is 150 cm³/mol. The molecule has 0 heterocycles. The smallest absolute Gasteiger partial charge is 0.417 e. The zero-order chi connectivity index (χ0) is 26.0. The maximum absolute atomic E-state index is 13.0. The highest BCUT2D eigenvalue weighted by molar-refractivity contribution is 8.55. The van der Waals surface area contributed by atoms with E-state index in [-0.39, 0.29) is 5.41 Å². The monoisotopic (exact) mass is 560 g/mol. The van der Waals surface area contributed by atoms with Crippen LogP contribution in [0.15, 0.2) is 48.5 Å². The first-order valence-corrected chi connectivity index (χ1v) is 18.3. The first-order chi connectivity index (χ1) is 16.6. The van der Waals surface area contributed by atoms with Crippen molar-refractivity contribution < 1.29 is 27.2 Å². The minimum atomic E-state index is -3.24. The van der Waals surface area contributed by atoms with Crippen molar-refractivity contribution in [2.45, 2.75) is 59.8 Å². The van der Waals surface area contributed by atoms with Crippen molar-refractivity contribution in [3.05, 3.63) is 59.7 Å². The van der Waals surface area contributed by atoms with Crippen molar-refractivity contribution in [3.8, 4) is 11.5 Å². The summed E-state index contributed by atoms with van der Waals surface area (Å²) in [6.07, 6.45) is 1.78. The summed E-state index contributed by atoms with van der Waals surface area (Å²) in [4.78, 5) is 0. The maximum atomic E-state index is 13.0. The molecule has 35 heavy (non-hydrogen) atoms. The molecule has 0 saturated heterocycles. The van der Waals surface area contributed by atoms with Gasteiger partial charge in [-0.15, -0.1) is 0 Å². The van der Waals surface area contributed by atoms with Crippen LogP contribution in [0.1, 0.15) is 65.5 Å². The Hall–Kier alpha value is -0.880. The maximum Gasteiger partial charge on any atom is 0.440 e. The number of rotatable bonds is 16. The Balaban J connectivity index is 2.15. The third kappa shape index (κ3) is 9.18. The van der Waals surface area contributed by atoms with Crippen LogP contribution in [-0.2, 0) is 23.6 Å². The van der Waals surface area contributed by atoms with E-state index in [0.29, 0.717) is 36.2 Å². The highest BCUT2D eigenvalue weighted by Gasteiger charge is 2.29. The van der Waals surface area contributed by atoms with Crippen molar-refractivity contribution in [1.29, 1.82) is 0 Å². The van der Waals surface area contributed by atoms with Gasteiger partial charge in [0, 0.05) is 16.9 Å². The van der Waals surface area contributed by atoms with E-state index in [2.05, 4.69) is 13.8 Å². The molecule has 0 amide bonds. The first kappa shape index (κ1) is 30.3. The zero-order valence-corrected chi connectivity index (χ0v) is 24.9. The molecule has 0 bridgehead atoms. The molecular formula is C25H38O6P2S2. The highest BCUT2D eigenvalue weighted by atomic mass is 32.7. The fourth-order valence-electron chi connectivity index (χ4n) is 3.19. The van der Waals surface area contributed by atoms with Crippen LogP contribution >= 0.6 is 36.4 Å². The molecule has 0 saturated carbocycles. The second kappa shape index (κ2) is 14.2. The Morgan fingerprint density at radius 3 is 1.29 bits per heavy atom. The van der Waals surface area contributed by atoms with Gasteiger partial charge in [-0.25, -0.2) is 9.13 Å². The lowest BCUT2D eigenvalue weighted by atomic mass is 9.78. The van der Waals surface area contributed by atoms with Crippen LogP contribution in [0.2, 0.25) is 0 Å². The van der Waals surface area contributed by atoms with E-state index >= 15 is 0 Å². The Bertz CT molecular complexity index is 917. The first-order valence-electron chi connectivity index (χ1n) is 12.0. The number of benzene rings is 2. The van der Waals surface area contributed by atoms with E-state index in [1.807, 2.05) is 76.2 Å². The van der Waals surface area contributed by atoms with Crippen molar-refractivity contribution in [3.63, 3.8) is 0 Å². The summed E-state index contributed by atoms with van der Waals surface area (Å²) >= 11 is 2.46. The summed E-state index contributed by atoms with van der Waals surface area (Å²) in [6.45, 7) is 6.12. The Morgan fingerprint density at radius 1 is 0.657 bits per heavy atom. The molecule has 2 aromatic rings. The second-order valence-corrected chi connectivity index (χ2v) is 16.5. The Labute approximate surface area is 218 Å². The number of hydrogen-bond donors (Lipinski definition) is 0. The molecule has 0 spiro atoms. The van der Waals surface area contributed by atoms with Crippen molar-refractivity contribution in [1.82, 2.24) is 0 Å². The molecule has 0 aliphatic carbocycles. The lowest BCUT2D eigenvalue weighted by molar-refractivity contribution is 0.295. The van der Waals surface area contributed by atoms with Crippen molar-refractivity contribution in [2.24, 2.45) is 0 Å². The summed E-state index contributed by atoms with van der Waals surface area (Å²) in [6, 6.07) is 15.2. The number of hydrogen-bond acceptors (Lipinski definition) is 8. The van der Waals surface area contributed by atoms with E-state index in [1.54, 1.807) is 0 Å². The molecule has 0 radical (unpaired) electrons. The van der Waals surface area contributed by atoms with Crippen LogP contribution in [0, 0.1) is 0 Å². The normalized spacial score (nSPS) is 15.3. The lowest BCUT2D eigenvalue weighted by Crippen LogP contribution is -2.18. The molecular weight excluding hydrogens is 522 g/mol. The van der Waals surface area contributed by atoms with Gasteiger partial charge in [0.1, 0.15) is 11.5 Å². The topological polar surface area (TPSA) is 71.1 Å². The fraction of sp³-hybridized carbons (Fsp3) is 0.520. The van der Waals surface area contributed by atoms with Gasteiger partial charge in [0.25, 0.3) is 0 Å². The summed E-state index contributed by atoms with van der Waals surface area (Å²) in [7, 11) is 0.